The molecule has 0 aliphatic rings. The summed E-state index contributed by atoms with van der Waals surface area (Å²) in [6, 6.07) is 8.69. The van der Waals surface area contributed by atoms with Crippen LogP contribution < -0.4 is 15.8 Å². The van der Waals surface area contributed by atoms with E-state index in [9.17, 15) is 18.0 Å². The minimum Gasteiger partial charge on any atom is -0.497 e. The summed E-state index contributed by atoms with van der Waals surface area (Å²) in [5.74, 6) is -0.0107. The number of ether oxygens (including phenoxy) is 1. The zero-order chi connectivity index (χ0) is 16.3. The van der Waals surface area contributed by atoms with E-state index >= 15 is 0 Å². The van der Waals surface area contributed by atoms with Crippen molar-refractivity contribution in [2.24, 2.45) is 0 Å². The number of nitrogens with one attached hydrogen (secondary N) is 1. The van der Waals surface area contributed by atoms with Crippen molar-refractivity contribution in [1.29, 1.82) is 0 Å². The molecule has 4 nitrogen and oxygen atoms in total. The lowest BCUT2D eigenvalue weighted by atomic mass is 10.1. The first-order valence-electron chi connectivity index (χ1n) is 6.23. The van der Waals surface area contributed by atoms with Crippen molar-refractivity contribution in [2.75, 3.05) is 18.2 Å². The number of benzene rings is 2. The number of nitrogen functional groups attached to an aromatic ring is 1. The standard InChI is InChI=1S/C15H13F3N2O2/c1-22-11-6-7-12(13(19)8-11)14(21)20-10-4-2-9(3-5-10)15(16,17)18/h2-8H,19H2,1H3,(H,20,21). The van der Waals surface area contributed by atoms with Crippen LogP contribution in [0.15, 0.2) is 42.5 Å². The summed E-state index contributed by atoms with van der Waals surface area (Å²) in [4.78, 5) is 12.1. The summed E-state index contributed by atoms with van der Waals surface area (Å²) in [6.07, 6.45) is -4.41. The van der Waals surface area contributed by atoms with Crippen molar-refractivity contribution in [1.82, 2.24) is 0 Å². The molecular formula is C15H13F3N2O2. The summed E-state index contributed by atoms with van der Waals surface area (Å²) in [7, 11) is 1.47. The van der Waals surface area contributed by atoms with Gasteiger partial charge < -0.3 is 15.8 Å². The third-order valence-electron chi connectivity index (χ3n) is 2.97. The molecule has 0 heterocycles. The maximum absolute atomic E-state index is 12.5. The van der Waals surface area contributed by atoms with Crippen molar-refractivity contribution in [3.8, 4) is 5.75 Å². The summed E-state index contributed by atoms with van der Waals surface area (Å²) >= 11 is 0. The second kappa shape index (κ2) is 5.97. The maximum atomic E-state index is 12.5. The summed E-state index contributed by atoms with van der Waals surface area (Å²) in [5, 5.41) is 2.49. The Morgan fingerprint density at radius 1 is 1.14 bits per heavy atom. The van der Waals surface area contributed by atoms with Gasteiger partial charge in [0.2, 0.25) is 0 Å². The van der Waals surface area contributed by atoms with Crippen molar-refractivity contribution >= 4 is 17.3 Å². The van der Waals surface area contributed by atoms with Crippen LogP contribution in [0, 0.1) is 0 Å². The van der Waals surface area contributed by atoms with E-state index in [1.807, 2.05) is 0 Å². The van der Waals surface area contributed by atoms with Crippen LogP contribution in [-0.4, -0.2) is 13.0 Å². The van der Waals surface area contributed by atoms with Gasteiger partial charge >= 0.3 is 6.18 Å². The van der Waals surface area contributed by atoms with Crippen LogP contribution in [0.25, 0.3) is 0 Å². The summed E-state index contributed by atoms with van der Waals surface area (Å²) in [6.45, 7) is 0. The molecule has 2 rings (SSSR count). The molecule has 0 spiro atoms. The number of halogens is 3. The lowest BCUT2D eigenvalue weighted by molar-refractivity contribution is -0.137. The molecule has 0 fully saturated rings. The van der Waals surface area contributed by atoms with E-state index < -0.39 is 17.6 Å². The van der Waals surface area contributed by atoms with Gasteiger partial charge in [-0.25, -0.2) is 0 Å². The smallest absolute Gasteiger partial charge is 0.416 e. The van der Waals surface area contributed by atoms with Gasteiger partial charge in [-0.3, -0.25) is 4.79 Å². The fraction of sp³-hybridized carbons (Fsp3) is 0.133. The number of anilines is 2. The predicted octanol–water partition coefficient (Wildman–Crippen LogP) is 3.55. The Morgan fingerprint density at radius 2 is 1.77 bits per heavy atom. The molecule has 0 saturated carbocycles. The Bertz CT molecular complexity index is 682. The summed E-state index contributed by atoms with van der Waals surface area (Å²) < 4.78 is 42.3. The number of amides is 1. The van der Waals surface area contributed by atoms with Crippen LogP contribution in [0.3, 0.4) is 0 Å². The first kappa shape index (κ1) is 15.7. The average Bonchev–Trinajstić information content (AvgIpc) is 2.46. The van der Waals surface area contributed by atoms with Gasteiger partial charge in [0, 0.05) is 17.4 Å². The van der Waals surface area contributed by atoms with Gasteiger partial charge in [0.1, 0.15) is 5.75 Å². The first-order valence-corrected chi connectivity index (χ1v) is 6.23. The van der Waals surface area contributed by atoms with Gasteiger partial charge in [-0.2, -0.15) is 13.2 Å². The molecule has 1 amide bonds. The highest BCUT2D eigenvalue weighted by Crippen LogP contribution is 2.30. The Morgan fingerprint density at radius 3 is 2.27 bits per heavy atom. The van der Waals surface area contributed by atoms with Crippen LogP contribution in [-0.2, 0) is 6.18 Å². The molecule has 22 heavy (non-hydrogen) atoms. The van der Waals surface area contributed by atoms with Gasteiger partial charge in [0.05, 0.1) is 18.2 Å². The van der Waals surface area contributed by atoms with Gasteiger partial charge in [0.25, 0.3) is 5.91 Å². The molecule has 2 aromatic carbocycles. The van der Waals surface area contributed by atoms with Crippen molar-refractivity contribution in [2.45, 2.75) is 6.18 Å². The highest BCUT2D eigenvalue weighted by molar-refractivity contribution is 6.07. The highest BCUT2D eigenvalue weighted by Gasteiger charge is 2.30. The molecule has 0 atom stereocenters. The second-order valence-electron chi connectivity index (χ2n) is 4.48. The monoisotopic (exact) mass is 310 g/mol. The van der Waals surface area contributed by atoms with Crippen LogP contribution >= 0.6 is 0 Å². The number of hydrogen-bond acceptors (Lipinski definition) is 3. The second-order valence-corrected chi connectivity index (χ2v) is 4.48. The molecule has 0 aliphatic heterocycles. The normalized spacial score (nSPS) is 11.1. The number of hydrogen-bond donors (Lipinski definition) is 2. The predicted molar refractivity (Wildman–Crippen MR) is 76.8 cm³/mol. The number of methoxy groups -OCH3 is 1. The SMILES string of the molecule is COc1ccc(C(=O)Nc2ccc(C(F)(F)F)cc2)c(N)c1. The zero-order valence-corrected chi connectivity index (χ0v) is 11.6. The molecule has 0 bridgehead atoms. The van der Waals surface area contributed by atoms with Crippen molar-refractivity contribution in [3.63, 3.8) is 0 Å². The van der Waals surface area contributed by atoms with Crippen LogP contribution in [0.5, 0.6) is 5.75 Å². The van der Waals surface area contributed by atoms with Crippen molar-refractivity contribution < 1.29 is 22.7 Å². The number of nitrogens with two attached hydrogens (primary N) is 1. The molecular weight excluding hydrogens is 297 g/mol. The van der Waals surface area contributed by atoms with Gasteiger partial charge in [-0.15, -0.1) is 0 Å². The Hall–Kier alpha value is -2.70. The molecule has 0 saturated heterocycles. The molecule has 0 aromatic heterocycles. The Labute approximate surface area is 124 Å². The molecule has 3 N–H and O–H groups in total. The van der Waals surface area contributed by atoms with Gasteiger partial charge in [-0.1, -0.05) is 0 Å². The Balaban J connectivity index is 2.15. The third kappa shape index (κ3) is 3.49. The molecule has 2 aromatic rings. The van der Waals surface area contributed by atoms with E-state index in [1.54, 1.807) is 6.07 Å². The number of carbonyl (C=O) groups excluding carboxylic acids is 1. The lowest BCUT2D eigenvalue weighted by Crippen LogP contribution is -2.14. The number of alkyl halides is 3. The zero-order valence-electron chi connectivity index (χ0n) is 11.6. The average molecular weight is 310 g/mol. The lowest BCUT2D eigenvalue weighted by Gasteiger charge is -2.10. The first-order chi connectivity index (χ1) is 10.3. The van der Waals surface area contributed by atoms with Crippen LogP contribution in [0.4, 0.5) is 24.5 Å². The molecule has 0 radical (unpaired) electrons. The van der Waals surface area contributed by atoms with E-state index in [-0.39, 0.29) is 16.9 Å². The fourth-order valence-corrected chi connectivity index (χ4v) is 1.82. The highest BCUT2D eigenvalue weighted by atomic mass is 19.4. The molecule has 0 unspecified atom stereocenters. The quantitative estimate of drug-likeness (QED) is 0.852. The van der Waals surface area contributed by atoms with Crippen LogP contribution in [0.1, 0.15) is 15.9 Å². The minimum atomic E-state index is -4.41. The van der Waals surface area contributed by atoms with Gasteiger partial charge in [-0.05, 0) is 36.4 Å². The van der Waals surface area contributed by atoms with E-state index in [0.29, 0.717) is 5.75 Å². The Kier molecular flexibility index (Phi) is 4.25. The van der Waals surface area contributed by atoms with Crippen LogP contribution in [0.2, 0.25) is 0 Å². The van der Waals surface area contributed by atoms with Crippen molar-refractivity contribution in [3.05, 3.63) is 53.6 Å². The topological polar surface area (TPSA) is 64.3 Å². The largest absolute Gasteiger partial charge is 0.497 e. The minimum absolute atomic E-state index is 0.209. The molecule has 7 heteroatoms. The fourth-order valence-electron chi connectivity index (χ4n) is 1.82. The third-order valence-corrected chi connectivity index (χ3v) is 2.97. The van der Waals surface area contributed by atoms with E-state index in [1.165, 1.54) is 31.4 Å². The van der Waals surface area contributed by atoms with E-state index in [2.05, 4.69) is 5.32 Å². The molecule has 0 aliphatic carbocycles. The summed E-state index contributed by atoms with van der Waals surface area (Å²) in [5.41, 5.74) is 5.62. The van der Waals surface area contributed by atoms with E-state index in [4.69, 9.17) is 10.5 Å². The maximum Gasteiger partial charge on any atom is 0.416 e. The number of carbonyl (C=O) groups is 1. The number of rotatable bonds is 3. The van der Waals surface area contributed by atoms with Gasteiger partial charge in [0.15, 0.2) is 0 Å². The van der Waals surface area contributed by atoms with E-state index in [0.717, 1.165) is 12.1 Å². The molecule has 116 valence electrons.